The van der Waals surface area contributed by atoms with E-state index in [0.717, 1.165) is 22.0 Å². The topological polar surface area (TPSA) is 95.9 Å². The van der Waals surface area contributed by atoms with E-state index in [2.05, 4.69) is 15.1 Å². The average molecular weight is 359 g/mol. The molecule has 7 heteroatoms. The molecule has 0 radical (unpaired) electrons. The third-order valence-corrected chi connectivity index (χ3v) is 4.34. The van der Waals surface area contributed by atoms with Gasteiger partial charge in [-0.3, -0.25) is 14.5 Å². The molecule has 0 bridgehead atoms. The molecule has 0 saturated carbocycles. The SMILES string of the molecule is Cc1cc(-c2cncc(Oc3ccc4cnn(C)c4c3)n2)ccc1C(N)=O. The Balaban J connectivity index is 1.64. The molecule has 1 amide bonds. The van der Waals surface area contributed by atoms with Crippen LogP contribution in [0.3, 0.4) is 0 Å². The molecule has 0 unspecified atom stereocenters. The van der Waals surface area contributed by atoms with Crippen molar-refractivity contribution in [2.75, 3.05) is 0 Å². The lowest BCUT2D eigenvalue weighted by atomic mass is 10.0. The number of aryl methyl sites for hydroxylation is 2. The predicted octanol–water partition coefficient (Wildman–Crippen LogP) is 3.23. The second-order valence-corrected chi connectivity index (χ2v) is 6.23. The maximum atomic E-state index is 11.4. The van der Waals surface area contributed by atoms with Crippen LogP contribution in [0, 0.1) is 6.92 Å². The minimum absolute atomic E-state index is 0.380. The van der Waals surface area contributed by atoms with E-state index >= 15 is 0 Å². The number of carbonyl (C=O) groups excluding carboxylic acids is 1. The van der Waals surface area contributed by atoms with Gasteiger partial charge in [-0.25, -0.2) is 4.98 Å². The number of rotatable bonds is 4. The largest absolute Gasteiger partial charge is 0.437 e. The molecule has 2 aromatic carbocycles. The van der Waals surface area contributed by atoms with E-state index in [-0.39, 0.29) is 0 Å². The summed E-state index contributed by atoms with van der Waals surface area (Å²) in [5.74, 6) is 0.580. The highest BCUT2D eigenvalue weighted by Gasteiger charge is 2.09. The van der Waals surface area contributed by atoms with Crippen molar-refractivity contribution in [3.63, 3.8) is 0 Å². The molecule has 0 spiro atoms. The minimum Gasteiger partial charge on any atom is -0.437 e. The van der Waals surface area contributed by atoms with Gasteiger partial charge in [0.1, 0.15) is 5.75 Å². The van der Waals surface area contributed by atoms with Gasteiger partial charge in [0.05, 0.1) is 29.8 Å². The Morgan fingerprint density at radius 1 is 1.11 bits per heavy atom. The highest BCUT2D eigenvalue weighted by molar-refractivity contribution is 5.94. The second-order valence-electron chi connectivity index (χ2n) is 6.23. The first-order chi connectivity index (χ1) is 13.0. The Hall–Kier alpha value is -3.74. The van der Waals surface area contributed by atoms with Gasteiger partial charge in [0.2, 0.25) is 11.8 Å². The number of hydrogen-bond acceptors (Lipinski definition) is 5. The molecular weight excluding hydrogens is 342 g/mol. The summed E-state index contributed by atoms with van der Waals surface area (Å²) in [6.07, 6.45) is 5.01. The van der Waals surface area contributed by atoms with Crippen LogP contribution in [0.25, 0.3) is 22.2 Å². The van der Waals surface area contributed by atoms with E-state index in [9.17, 15) is 4.79 Å². The van der Waals surface area contributed by atoms with Gasteiger partial charge in [-0.05, 0) is 36.8 Å². The number of fused-ring (bicyclic) bond motifs is 1. The van der Waals surface area contributed by atoms with Gasteiger partial charge < -0.3 is 10.5 Å². The highest BCUT2D eigenvalue weighted by atomic mass is 16.5. The van der Waals surface area contributed by atoms with Crippen molar-refractivity contribution in [3.8, 4) is 22.9 Å². The number of nitrogens with two attached hydrogens (primary N) is 1. The monoisotopic (exact) mass is 359 g/mol. The molecule has 0 atom stereocenters. The molecule has 2 heterocycles. The molecule has 4 aromatic rings. The fraction of sp³-hybridized carbons (Fsp3) is 0.100. The lowest BCUT2D eigenvalue weighted by molar-refractivity contribution is 0.0999. The second kappa shape index (κ2) is 6.53. The van der Waals surface area contributed by atoms with Crippen molar-refractivity contribution in [1.29, 1.82) is 0 Å². The van der Waals surface area contributed by atoms with Crippen LogP contribution < -0.4 is 10.5 Å². The van der Waals surface area contributed by atoms with Crippen LogP contribution in [0.1, 0.15) is 15.9 Å². The Labute approximate surface area is 155 Å². The summed E-state index contributed by atoms with van der Waals surface area (Å²) in [7, 11) is 1.88. The van der Waals surface area contributed by atoms with Crippen LogP contribution in [-0.2, 0) is 7.05 Å². The van der Waals surface area contributed by atoms with E-state index in [4.69, 9.17) is 10.5 Å². The first-order valence-corrected chi connectivity index (χ1v) is 8.34. The Morgan fingerprint density at radius 3 is 2.74 bits per heavy atom. The van der Waals surface area contributed by atoms with Gasteiger partial charge in [-0.15, -0.1) is 0 Å². The average Bonchev–Trinajstić information content (AvgIpc) is 3.02. The minimum atomic E-state index is -0.451. The summed E-state index contributed by atoms with van der Waals surface area (Å²) in [6.45, 7) is 1.83. The molecule has 2 N–H and O–H groups in total. The van der Waals surface area contributed by atoms with Gasteiger partial charge in [-0.2, -0.15) is 5.10 Å². The molecule has 0 fully saturated rings. The molecule has 0 saturated heterocycles. The lowest BCUT2D eigenvalue weighted by Crippen LogP contribution is -2.12. The number of nitrogens with zero attached hydrogens (tertiary/aromatic N) is 4. The molecule has 7 nitrogen and oxygen atoms in total. The number of carbonyl (C=O) groups is 1. The van der Waals surface area contributed by atoms with Gasteiger partial charge >= 0.3 is 0 Å². The number of primary amides is 1. The summed E-state index contributed by atoms with van der Waals surface area (Å²) >= 11 is 0. The quantitative estimate of drug-likeness (QED) is 0.603. The molecular formula is C20H17N5O2. The summed E-state index contributed by atoms with van der Waals surface area (Å²) in [5.41, 5.74) is 9.08. The number of amides is 1. The molecule has 27 heavy (non-hydrogen) atoms. The van der Waals surface area contributed by atoms with E-state index in [0.29, 0.717) is 22.9 Å². The number of ether oxygens (including phenoxy) is 1. The number of aromatic nitrogens is 4. The summed E-state index contributed by atoms with van der Waals surface area (Å²) < 4.78 is 7.66. The van der Waals surface area contributed by atoms with E-state index < -0.39 is 5.91 Å². The third-order valence-electron chi connectivity index (χ3n) is 4.34. The zero-order valence-electron chi connectivity index (χ0n) is 14.9. The summed E-state index contributed by atoms with van der Waals surface area (Å²) in [6, 6.07) is 11.1. The van der Waals surface area contributed by atoms with Crippen molar-refractivity contribution in [2.24, 2.45) is 12.8 Å². The van der Waals surface area contributed by atoms with Gasteiger partial charge in [0.25, 0.3) is 0 Å². The predicted molar refractivity (Wildman–Crippen MR) is 102 cm³/mol. The molecule has 134 valence electrons. The van der Waals surface area contributed by atoms with Crippen molar-refractivity contribution in [3.05, 3.63) is 66.1 Å². The smallest absolute Gasteiger partial charge is 0.248 e. The Morgan fingerprint density at radius 2 is 1.96 bits per heavy atom. The van der Waals surface area contributed by atoms with Crippen LogP contribution in [0.2, 0.25) is 0 Å². The Kier molecular flexibility index (Phi) is 4.04. The third kappa shape index (κ3) is 3.22. The standard InChI is InChI=1S/C20H17N5O2/c1-12-7-13(4-6-16(12)20(21)26)17-10-22-11-19(24-17)27-15-5-3-14-9-23-25(2)18(14)8-15/h3-11H,1-2H3,(H2,21,26). The van der Waals surface area contributed by atoms with E-state index in [1.54, 1.807) is 35.4 Å². The fourth-order valence-corrected chi connectivity index (χ4v) is 2.94. The van der Waals surface area contributed by atoms with Gasteiger partial charge in [0.15, 0.2) is 0 Å². The van der Waals surface area contributed by atoms with Crippen molar-refractivity contribution < 1.29 is 9.53 Å². The number of hydrogen-bond donors (Lipinski definition) is 1. The van der Waals surface area contributed by atoms with E-state index in [1.165, 1.54) is 0 Å². The summed E-state index contributed by atoms with van der Waals surface area (Å²) in [5, 5.41) is 5.26. The first-order valence-electron chi connectivity index (χ1n) is 8.34. The maximum absolute atomic E-state index is 11.4. The normalized spacial score (nSPS) is 10.9. The van der Waals surface area contributed by atoms with E-state index in [1.807, 2.05) is 38.2 Å². The molecule has 0 aliphatic carbocycles. The zero-order valence-corrected chi connectivity index (χ0v) is 14.9. The van der Waals surface area contributed by atoms with Crippen molar-refractivity contribution in [2.45, 2.75) is 6.92 Å². The van der Waals surface area contributed by atoms with Gasteiger partial charge in [0, 0.05) is 29.6 Å². The summed E-state index contributed by atoms with van der Waals surface area (Å²) in [4.78, 5) is 20.1. The number of benzene rings is 2. The molecule has 2 aromatic heterocycles. The lowest BCUT2D eigenvalue weighted by Gasteiger charge is -2.08. The van der Waals surface area contributed by atoms with Crippen LogP contribution >= 0.6 is 0 Å². The maximum Gasteiger partial charge on any atom is 0.248 e. The van der Waals surface area contributed by atoms with Crippen LogP contribution in [-0.4, -0.2) is 25.7 Å². The van der Waals surface area contributed by atoms with Crippen LogP contribution in [0.15, 0.2) is 55.0 Å². The van der Waals surface area contributed by atoms with Crippen molar-refractivity contribution >= 4 is 16.8 Å². The first kappa shape index (κ1) is 16.7. The molecule has 0 aliphatic rings. The highest BCUT2D eigenvalue weighted by Crippen LogP contribution is 2.26. The van der Waals surface area contributed by atoms with Crippen LogP contribution in [0.4, 0.5) is 0 Å². The van der Waals surface area contributed by atoms with Gasteiger partial charge in [-0.1, -0.05) is 6.07 Å². The van der Waals surface area contributed by atoms with Crippen molar-refractivity contribution in [1.82, 2.24) is 19.7 Å². The molecule has 4 rings (SSSR count). The molecule has 0 aliphatic heterocycles. The Bertz CT molecular complexity index is 1170. The fourth-order valence-electron chi connectivity index (χ4n) is 2.94. The zero-order chi connectivity index (χ0) is 19.0. The van der Waals surface area contributed by atoms with Crippen LogP contribution in [0.5, 0.6) is 11.6 Å².